The predicted molar refractivity (Wildman–Crippen MR) is 49.3 cm³/mol. The molecule has 76 valence electrons. The first-order valence-corrected chi connectivity index (χ1v) is 4.80. The summed E-state index contributed by atoms with van der Waals surface area (Å²) in [5.74, 6) is -0.0409. The summed E-state index contributed by atoms with van der Waals surface area (Å²) >= 11 is 0. The first-order chi connectivity index (χ1) is 6.03. The zero-order valence-electron chi connectivity index (χ0n) is 8.74. The van der Waals surface area contributed by atoms with Gasteiger partial charge in [0.1, 0.15) is 6.10 Å². The molecule has 0 aromatic rings. The van der Waals surface area contributed by atoms with Crippen LogP contribution in [0.2, 0.25) is 0 Å². The lowest BCUT2D eigenvalue weighted by molar-refractivity contribution is -0.223. The molecule has 0 saturated carbocycles. The zero-order valence-corrected chi connectivity index (χ0v) is 8.74. The van der Waals surface area contributed by atoms with Crippen LogP contribution in [-0.2, 0) is 14.3 Å². The lowest BCUT2D eigenvalue weighted by atomic mass is 9.91. The molecule has 0 aromatic carbocycles. The maximum Gasteiger partial charge on any atom is 0.173 e. The summed E-state index contributed by atoms with van der Waals surface area (Å²) in [5, 5.41) is 0. The van der Waals surface area contributed by atoms with E-state index in [1.165, 1.54) is 0 Å². The second-order valence-corrected chi connectivity index (χ2v) is 4.13. The third-order valence-electron chi connectivity index (χ3n) is 2.57. The maximum absolute atomic E-state index is 10.5. The van der Waals surface area contributed by atoms with Gasteiger partial charge in [0.15, 0.2) is 12.1 Å². The summed E-state index contributed by atoms with van der Waals surface area (Å²) in [4.78, 5) is 10.5. The third kappa shape index (κ3) is 1.76. The van der Waals surface area contributed by atoms with Crippen LogP contribution < -0.4 is 0 Å². The average molecular weight is 186 g/mol. The molecule has 0 bridgehead atoms. The van der Waals surface area contributed by atoms with Crippen molar-refractivity contribution in [1.29, 1.82) is 0 Å². The van der Waals surface area contributed by atoms with Gasteiger partial charge in [-0.1, -0.05) is 27.7 Å². The first-order valence-electron chi connectivity index (χ1n) is 4.80. The van der Waals surface area contributed by atoms with Crippen molar-refractivity contribution in [1.82, 2.24) is 0 Å². The molecule has 1 rings (SSSR count). The minimum atomic E-state index is -0.564. The van der Waals surface area contributed by atoms with Crippen molar-refractivity contribution in [2.24, 2.45) is 11.8 Å². The Labute approximate surface area is 79.4 Å². The molecule has 3 heteroatoms. The first kappa shape index (κ1) is 10.7. The van der Waals surface area contributed by atoms with Crippen molar-refractivity contribution in [3.8, 4) is 0 Å². The number of carbonyl (C=O) groups excluding carboxylic acids is 1. The lowest BCUT2D eigenvalue weighted by Gasteiger charge is -2.35. The van der Waals surface area contributed by atoms with Crippen LogP contribution in [0.4, 0.5) is 0 Å². The highest BCUT2D eigenvalue weighted by atomic mass is 16.7. The number of ether oxygens (including phenoxy) is 2. The van der Waals surface area contributed by atoms with Gasteiger partial charge in [0.25, 0.3) is 0 Å². The van der Waals surface area contributed by atoms with E-state index in [1.807, 2.05) is 27.7 Å². The van der Waals surface area contributed by atoms with Crippen LogP contribution >= 0.6 is 0 Å². The van der Waals surface area contributed by atoms with Crippen molar-refractivity contribution in [2.75, 3.05) is 6.61 Å². The molecule has 1 heterocycles. The average Bonchev–Trinajstić information content (AvgIpc) is 2.48. The van der Waals surface area contributed by atoms with E-state index in [9.17, 15) is 4.79 Å². The fourth-order valence-corrected chi connectivity index (χ4v) is 1.86. The molecule has 0 amide bonds. The largest absolute Gasteiger partial charge is 0.346 e. The van der Waals surface area contributed by atoms with Crippen LogP contribution in [0, 0.1) is 11.8 Å². The predicted octanol–water partition coefficient (Wildman–Crippen LogP) is 1.61. The Hall–Kier alpha value is -0.410. The van der Waals surface area contributed by atoms with Gasteiger partial charge in [-0.15, -0.1) is 0 Å². The van der Waals surface area contributed by atoms with E-state index in [2.05, 4.69) is 0 Å². The van der Waals surface area contributed by atoms with Gasteiger partial charge >= 0.3 is 0 Å². The third-order valence-corrected chi connectivity index (χ3v) is 2.57. The summed E-state index contributed by atoms with van der Waals surface area (Å²) in [5.41, 5.74) is 0. The molecule has 1 unspecified atom stereocenters. The maximum atomic E-state index is 10.5. The van der Waals surface area contributed by atoms with Gasteiger partial charge in [0.05, 0.1) is 6.61 Å². The summed E-state index contributed by atoms with van der Waals surface area (Å²) < 4.78 is 11.2. The van der Waals surface area contributed by atoms with Gasteiger partial charge in [-0.3, -0.25) is 0 Å². The lowest BCUT2D eigenvalue weighted by Crippen LogP contribution is -2.42. The van der Waals surface area contributed by atoms with E-state index >= 15 is 0 Å². The summed E-state index contributed by atoms with van der Waals surface area (Å²) in [7, 11) is 0. The summed E-state index contributed by atoms with van der Waals surface area (Å²) in [6, 6.07) is 0. The summed E-state index contributed by atoms with van der Waals surface area (Å²) in [6.07, 6.45) is 0.428. The molecule has 13 heavy (non-hydrogen) atoms. The van der Waals surface area contributed by atoms with Crippen molar-refractivity contribution in [3.63, 3.8) is 0 Å². The van der Waals surface area contributed by atoms with Gasteiger partial charge in [0, 0.05) is 11.8 Å². The Balaban J connectivity index is 2.77. The minimum Gasteiger partial charge on any atom is -0.346 e. The van der Waals surface area contributed by atoms with Crippen LogP contribution in [0.25, 0.3) is 0 Å². The highest BCUT2D eigenvalue weighted by Gasteiger charge is 2.46. The van der Waals surface area contributed by atoms with E-state index in [4.69, 9.17) is 9.47 Å². The number of carbonyl (C=O) groups is 1. The topological polar surface area (TPSA) is 35.5 Å². The fraction of sp³-hybridized carbons (Fsp3) is 0.900. The quantitative estimate of drug-likeness (QED) is 0.628. The molecule has 1 saturated heterocycles. The monoisotopic (exact) mass is 186 g/mol. The van der Waals surface area contributed by atoms with Crippen LogP contribution in [0.15, 0.2) is 0 Å². The second-order valence-electron chi connectivity index (χ2n) is 4.13. The van der Waals surface area contributed by atoms with E-state index in [-0.39, 0.29) is 17.9 Å². The normalized spacial score (nSPS) is 27.1. The van der Waals surface area contributed by atoms with Crippen LogP contribution in [0.5, 0.6) is 0 Å². The molecule has 0 aliphatic carbocycles. The van der Waals surface area contributed by atoms with E-state index in [1.54, 1.807) is 0 Å². The molecule has 1 aliphatic rings. The molecule has 0 spiro atoms. The Morgan fingerprint density at radius 3 is 2.08 bits per heavy atom. The number of hydrogen-bond donors (Lipinski definition) is 0. The van der Waals surface area contributed by atoms with Crippen LogP contribution in [0.3, 0.4) is 0 Å². The molecule has 1 atom stereocenters. The Bertz CT molecular complexity index is 179. The molecule has 0 aromatic heterocycles. The van der Waals surface area contributed by atoms with E-state index in [0.717, 1.165) is 6.29 Å². The van der Waals surface area contributed by atoms with Crippen LogP contribution in [0.1, 0.15) is 27.7 Å². The number of aldehydes is 1. The number of rotatable bonds is 3. The fourth-order valence-electron chi connectivity index (χ4n) is 1.86. The Morgan fingerprint density at radius 1 is 1.31 bits per heavy atom. The van der Waals surface area contributed by atoms with Crippen molar-refractivity contribution >= 4 is 6.29 Å². The highest BCUT2D eigenvalue weighted by Crippen LogP contribution is 2.37. The van der Waals surface area contributed by atoms with E-state index in [0.29, 0.717) is 6.61 Å². The molecule has 0 radical (unpaired) electrons. The van der Waals surface area contributed by atoms with Crippen molar-refractivity contribution in [3.05, 3.63) is 0 Å². The molecule has 1 fully saturated rings. The molecule has 3 nitrogen and oxygen atoms in total. The summed E-state index contributed by atoms with van der Waals surface area (Å²) in [6.45, 7) is 8.58. The zero-order chi connectivity index (χ0) is 10.1. The SMILES string of the molecule is CC(C)C1(C(C)C)OCC(C=O)O1. The van der Waals surface area contributed by atoms with Gasteiger partial charge in [-0.25, -0.2) is 0 Å². The van der Waals surface area contributed by atoms with Crippen LogP contribution in [-0.4, -0.2) is 24.8 Å². The highest BCUT2D eigenvalue weighted by molar-refractivity contribution is 5.56. The van der Waals surface area contributed by atoms with Gasteiger partial charge in [-0.05, 0) is 0 Å². The molecular formula is C10H18O3. The molecule has 1 aliphatic heterocycles. The molecular weight excluding hydrogens is 168 g/mol. The van der Waals surface area contributed by atoms with Gasteiger partial charge in [0.2, 0.25) is 0 Å². The second kappa shape index (κ2) is 3.76. The minimum absolute atomic E-state index is 0.262. The molecule has 0 N–H and O–H groups in total. The van der Waals surface area contributed by atoms with Gasteiger partial charge in [-0.2, -0.15) is 0 Å². The number of hydrogen-bond acceptors (Lipinski definition) is 3. The smallest absolute Gasteiger partial charge is 0.173 e. The van der Waals surface area contributed by atoms with E-state index < -0.39 is 5.79 Å². The Kier molecular flexibility index (Phi) is 3.09. The van der Waals surface area contributed by atoms with Gasteiger partial charge < -0.3 is 14.3 Å². The standard InChI is InChI=1S/C10H18O3/c1-7(2)10(8(3)4)12-6-9(5-11)13-10/h5,7-9H,6H2,1-4H3. The Morgan fingerprint density at radius 2 is 1.85 bits per heavy atom. The van der Waals surface area contributed by atoms with Crippen molar-refractivity contribution in [2.45, 2.75) is 39.6 Å². The van der Waals surface area contributed by atoms with Crippen molar-refractivity contribution < 1.29 is 14.3 Å².